The molecule has 2 N–H and O–H groups in total. The highest BCUT2D eigenvalue weighted by Crippen LogP contribution is 2.14. The fraction of sp³-hybridized carbons (Fsp3) is 0.909. The van der Waals surface area contributed by atoms with E-state index in [1.165, 1.54) is 0 Å². The van der Waals surface area contributed by atoms with E-state index in [1.807, 2.05) is 14.1 Å². The molecule has 0 aromatic heterocycles. The number of carbonyl (C=O) groups is 1. The second-order valence-electron chi connectivity index (χ2n) is 5.22. The third-order valence-electron chi connectivity index (χ3n) is 3.32. The second kappa shape index (κ2) is 5.99. The van der Waals surface area contributed by atoms with Crippen LogP contribution in [0.25, 0.3) is 0 Å². The van der Waals surface area contributed by atoms with E-state index in [1.54, 1.807) is 4.90 Å². The van der Waals surface area contributed by atoms with Crippen molar-refractivity contribution in [1.29, 1.82) is 0 Å². The smallest absolute Gasteiger partial charge is 0.239 e. The number of amides is 1. The molecule has 18 heavy (non-hydrogen) atoms. The fourth-order valence-electron chi connectivity index (χ4n) is 2.06. The Morgan fingerprint density at radius 2 is 2.11 bits per heavy atom. The molecule has 2 atom stereocenters. The van der Waals surface area contributed by atoms with Crippen LogP contribution in [-0.4, -0.2) is 75.4 Å². The quantitative estimate of drug-likeness (QED) is 0.690. The van der Waals surface area contributed by atoms with E-state index in [4.69, 9.17) is 5.73 Å². The van der Waals surface area contributed by atoms with Gasteiger partial charge in [-0.25, -0.2) is 8.42 Å². The molecule has 2 unspecified atom stereocenters. The van der Waals surface area contributed by atoms with Crippen molar-refractivity contribution in [3.05, 3.63) is 0 Å². The Morgan fingerprint density at radius 1 is 1.50 bits per heavy atom. The van der Waals surface area contributed by atoms with Gasteiger partial charge in [-0.1, -0.05) is 0 Å². The van der Waals surface area contributed by atoms with Crippen LogP contribution < -0.4 is 5.73 Å². The van der Waals surface area contributed by atoms with E-state index in [0.29, 0.717) is 19.1 Å². The molecule has 106 valence electrons. The van der Waals surface area contributed by atoms with Gasteiger partial charge in [-0.2, -0.15) is 0 Å². The molecule has 1 saturated heterocycles. The first kappa shape index (κ1) is 15.4. The number of likely N-dealkylation sites (N-methyl/N-ethyl adjacent to an activating group) is 1. The summed E-state index contributed by atoms with van der Waals surface area (Å²) in [5.74, 6) is -0.173. The summed E-state index contributed by atoms with van der Waals surface area (Å²) in [5, 5.41) is 0. The van der Waals surface area contributed by atoms with Crippen molar-refractivity contribution in [3.8, 4) is 0 Å². The van der Waals surface area contributed by atoms with Crippen molar-refractivity contribution in [2.24, 2.45) is 5.73 Å². The number of hydrogen-bond donors (Lipinski definition) is 1. The Hall–Kier alpha value is -0.660. The lowest BCUT2D eigenvalue weighted by Crippen LogP contribution is -2.44. The Bertz CT molecular complexity index is 394. The largest absolute Gasteiger partial charge is 0.340 e. The second-order valence-corrected chi connectivity index (χ2v) is 7.48. The van der Waals surface area contributed by atoms with Gasteiger partial charge in [0.05, 0.1) is 11.8 Å². The van der Waals surface area contributed by atoms with Crippen LogP contribution in [0.3, 0.4) is 0 Å². The predicted octanol–water partition coefficient (Wildman–Crippen LogP) is -1.09. The molecule has 1 aliphatic rings. The first-order valence-corrected chi connectivity index (χ1v) is 8.15. The van der Waals surface area contributed by atoms with Crippen LogP contribution in [0.2, 0.25) is 0 Å². The van der Waals surface area contributed by atoms with E-state index in [-0.39, 0.29) is 18.1 Å². The zero-order valence-electron chi connectivity index (χ0n) is 11.3. The summed E-state index contributed by atoms with van der Waals surface area (Å²) >= 11 is 0. The van der Waals surface area contributed by atoms with Gasteiger partial charge in [0.15, 0.2) is 0 Å². The number of nitrogens with zero attached hydrogens (tertiary/aromatic N) is 2. The molecule has 1 aliphatic heterocycles. The summed E-state index contributed by atoms with van der Waals surface area (Å²) in [6, 6.07) is -0.336. The number of rotatable bonds is 5. The fourth-order valence-corrected chi connectivity index (χ4v) is 2.74. The van der Waals surface area contributed by atoms with Crippen LogP contribution in [0.1, 0.15) is 12.8 Å². The van der Waals surface area contributed by atoms with Gasteiger partial charge in [0.25, 0.3) is 0 Å². The van der Waals surface area contributed by atoms with Gasteiger partial charge < -0.3 is 15.5 Å². The van der Waals surface area contributed by atoms with E-state index < -0.39 is 15.9 Å². The molecule has 7 heteroatoms. The average Bonchev–Trinajstić information content (AvgIpc) is 2.73. The first-order chi connectivity index (χ1) is 8.20. The average molecular weight is 277 g/mol. The molecule has 1 rings (SSSR count). The SMILES string of the molecule is CN(C)C1CCN(C(=O)C(N)CCS(C)(=O)=O)C1. The van der Waals surface area contributed by atoms with E-state index >= 15 is 0 Å². The molecule has 0 aliphatic carbocycles. The summed E-state index contributed by atoms with van der Waals surface area (Å²) in [4.78, 5) is 15.8. The molecule has 1 heterocycles. The lowest BCUT2D eigenvalue weighted by atomic mass is 10.2. The summed E-state index contributed by atoms with van der Waals surface area (Å²) in [6.07, 6.45) is 2.29. The Morgan fingerprint density at radius 3 is 2.56 bits per heavy atom. The maximum Gasteiger partial charge on any atom is 0.239 e. The van der Waals surface area contributed by atoms with Crippen LogP contribution >= 0.6 is 0 Å². The molecule has 0 saturated carbocycles. The highest BCUT2D eigenvalue weighted by molar-refractivity contribution is 7.90. The molecule has 1 amide bonds. The molecule has 1 fully saturated rings. The lowest BCUT2D eigenvalue weighted by molar-refractivity contribution is -0.131. The van der Waals surface area contributed by atoms with Gasteiger partial charge in [0.1, 0.15) is 9.84 Å². The summed E-state index contributed by atoms with van der Waals surface area (Å²) in [5.41, 5.74) is 5.76. The van der Waals surface area contributed by atoms with Crippen LogP contribution in [0.4, 0.5) is 0 Å². The normalized spacial score (nSPS) is 22.5. The number of likely N-dealkylation sites (tertiary alicyclic amines) is 1. The van der Waals surface area contributed by atoms with Crippen LogP contribution in [0.15, 0.2) is 0 Å². The zero-order valence-corrected chi connectivity index (χ0v) is 12.1. The Kier molecular flexibility index (Phi) is 5.12. The molecule has 0 spiro atoms. The first-order valence-electron chi connectivity index (χ1n) is 6.09. The maximum absolute atomic E-state index is 12.0. The van der Waals surface area contributed by atoms with E-state index in [2.05, 4.69) is 4.90 Å². The van der Waals surface area contributed by atoms with Crippen LogP contribution in [0, 0.1) is 0 Å². The predicted molar refractivity (Wildman–Crippen MR) is 71.0 cm³/mol. The standard InChI is InChI=1S/C11H23N3O3S/c1-13(2)9-4-6-14(8-9)11(15)10(12)5-7-18(3,16)17/h9-10H,4-8,12H2,1-3H3. The minimum Gasteiger partial charge on any atom is -0.340 e. The summed E-state index contributed by atoms with van der Waals surface area (Å²) in [7, 11) is 0.917. The monoisotopic (exact) mass is 277 g/mol. The van der Waals surface area contributed by atoms with Crippen molar-refractivity contribution in [2.45, 2.75) is 24.9 Å². The van der Waals surface area contributed by atoms with Crippen LogP contribution in [-0.2, 0) is 14.6 Å². The maximum atomic E-state index is 12.0. The molecule has 0 aromatic rings. The summed E-state index contributed by atoms with van der Waals surface area (Å²) in [6.45, 7) is 1.38. The lowest BCUT2D eigenvalue weighted by Gasteiger charge is -2.22. The molecule has 6 nitrogen and oxygen atoms in total. The van der Waals surface area contributed by atoms with Crippen molar-refractivity contribution in [1.82, 2.24) is 9.80 Å². The van der Waals surface area contributed by atoms with Crippen molar-refractivity contribution in [2.75, 3.05) is 39.2 Å². The van der Waals surface area contributed by atoms with Crippen molar-refractivity contribution in [3.63, 3.8) is 0 Å². The number of carbonyl (C=O) groups excluding carboxylic acids is 1. The van der Waals surface area contributed by atoms with Gasteiger partial charge in [-0.05, 0) is 26.9 Å². The van der Waals surface area contributed by atoms with Crippen molar-refractivity contribution < 1.29 is 13.2 Å². The topological polar surface area (TPSA) is 83.7 Å². The number of nitrogens with two attached hydrogens (primary N) is 1. The summed E-state index contributed by atoms with van der Waals surface area (Å²) < 4.78 is 22.1. The zero-order chi connectivity index (χ0) is 13.9. The van der Waals surface area contributed by atoms with Gasteiger partial charge in [-0.3, -0.25) is 4.79 Å². The third kappa shape index (κ3) is 4.55. The molecule has 0 bridgehead atoms. The molecule has 0 radical (unpaired) electrons. The highest BCUT2D eigenvalue weighted by Gasteiger charge is 2.30. The van der Waals surface area contributed by atoms with Gasteiger partial charge >= 0.3 is 0 Å². The van der Waals surface area contributed by atoms with Gasteiger partial charge in [0.2, 0.25) is 5.91 Å². The minimum absolute atomic E-state index is 0.0368. The van der Waals surface area contributed by atoms with E-state index in [0.717, 1.165) is 12.7 Å². The Balaban J connectivity index is 2.45. The molecular weight excluding hydrogens is 254 g/mol. The highest BCUT2D eigenvalue weighted by atomic mass is 32.2. The molecule has 0 aromatic carbocycles. The Labute approximate surface area is 109 Å². The van der Waals surface area contributed by atoms with Gasteiger partial charge in [-0.15, -0.1) is 0 Å². The minimum atomic E-state index is -3.06. The number of sulfone groups is 1. The van der Waals surface area contributed by atoms with Crippen molar-refractivity contribution >= 4 is 15.7 Å². The third-order valence-corrected chi connectivity index (χ3v) is 4.30. The van der Waals surface area contributed by atoms with Crippen LogP contribution in [0.5, 0.6) is 0 Å². The van der Waals surface area contributed by atoms with Gasteiger partial charge in [0, 0.05) is 25.4 Å². The molecular formula is C11H23N3O3S. The van der Waals surface area contributed by atoms with E-state index in [9.17, 15) is 13.2 Å². The number of hydrogen-bond acceptors (Lipinski definition) is 5.